The average Bonchev–Trinajstić information content (AvgIpc) is 2.17. The first-order chi connectivity index (χ1) is 6.89. The zero-order chi connectivity index (χ0) is 11.6. The molecule has 0 bridgehead atoms. The van der Waals surface area contributed by atoms with Crippen molar-refractivity contribution in [1.82, 2.24) is 0 Å². The van der Waals surface area contributed by atoms with Gasteiger partial charge < -0.3 is 5.11 Å². The number of rotatable bonds is 3. The Hall–Kier alpha value is -0.620. The van der Waals surface area contributed by atoms with Crippen LogP contribution in [-0.2, 0) is 10.7 Å². The standard InChI is InChI=1S/C9H7BrF2O2S/c1-15-7-3-2-5(4-6(7)10)9(11,12)8(13)14/h2-4H,1H3,(H,13,14). The fraction of sp³-hybridized carbons (Fsp3) is 0.222. The van der Waals surface area contributed by atoms with E-state index in [0.717, 1.165) is 17.0 Å². The van der Waals surface area contributed by atoms with Crippen LogP contribution in [0.1, 0.15) is 5.56 Å². The van der Waals surface area contributed by atoms with Gasteiger partial charge in [0.25, 0.3) is 0 Å². The van der Waals surface area contributed by atoms with Gasteiger partial charge in [0.15, 0.2) is 0 Å². The molecule has 0 aliphatic heterocycles. The van der Waals surface area contributed by atoms with E-state index in [2.05, 4.69) is 15.9 Å². The molecular weight excluding hydrogens is 290 g/mol. The third-order valence-electron chi connectivity index (χ3n) is 1.78. The van der Waals surface area contributed by atoms with Crippen molar-refractivity contribution in [1.29, 1.82) is 0 Å². The van der Waals surface area contributed by atoms with Crippen LogP contribution in [0.4, 0.5) is 8.78 Å². The molecule has 0 saturated heterocycles. The van der Waals surface area contributed by atoms with E-state index in [1.54, 1.807) is 6.26 Å². The smallest absolute Gasteiger partial charge is 0.379 e. The number of hydrogen-bond donors (Lipinski definition) is 1. The predicted molar refractivity (Wildman–Crippen MR) is 57.5 cm³/mol. The fourth-order valence-corrected chi connectivity index (χ4v) is 2.31. The van der Waals surface area contributed by atoms with Gasteiger partial charge in [-0.15, -0.1) is 11.8 Å². The Kier molecular flexibility index (Phi) is 3.72. The zero-order valence-corrected chi connectivity index (χ0v) is 10.0. The summed E-state index contributed by atoms with van der Waals surface area (Å²) in [6, 6.07) is 3.70. The van der Waals surface area contributed by atoms with Crippen molar-refractivity contribution in [2.24, 2.45) is 0 Å². The molecule has 0 unspecified atom stereocenters. The Labute approximate surface area is 97.8 Å². The molecule has 0 aliphatic carbocycles. The molecule has 0 fully saturated rings. The van der Waals surface area contributed by atoms with Crippen LogP contribution < -0.4 is 0 Å². The summed E-state index contributed by atoms with van der Waals surface area (Å²) in [5, 5.41) is 8.34. The van der Waals surface area contributed by atoms with Crippen LogP contribution >= 0.6 is 27.7 Å². The van der Waals surface area contributed by atoms with E-state index in [9.17, 15) is 13.6 Å². The largest absolute Gasteiger partial charge is 0.477 e. The first-order valence-electron chi connectivity index (χ1n) is 3.85. The molecule has 0 amide bonds. The molecule has 1 aromatic rings. The number of thioether (sulfide) groups is 1. The van der Waals surface area contributed by atoms with Gasteiger partial charge in [-0.3, -0.25) is 0 Å². The van der Waals surface area contributed by atoms with Crippen molar-refractivity contribution < 1.29 is 18.7 Å². The van der Waals surface area contributed by atoms with Gasteiger partial charge in [-0.1, -0.05) is 6.07 Å². The van der Waals surface area contributed by atoms with E-state index >= 15 is 0 Å². The van der Waals surface area contributed by atoms with Crippen molar-refractivity contribution in [3.8, 4) is 0 Å². The molecular formula is C9H7BrF2O2S. The molecule has 0 heterocycles. The normalized spacial score (nSPS) is 11.5. The Morgan fingerprint density at radius 1 is 1.53 bits per heavy atom. The highest BCUT2D eigenvalue weighted by molar-refractivity contribution is 9.10. The van der Waals surface area contributed by atoms with E-state index < -0.39 is 17.5 Å². The van der Waals surface area contributed by atoms with Gasteiger partial charge in [0, 0.05) is 14.9 Å². The monoisotopic (exact) mass is 296 g/mol. The maximum absolute atomic E-state index is 13.1. The van der Waals surface area contributed by atoms with Crippen LogP contribution in [0.25, 0.3) is 0 Å². The Morgan fingerprint density at radius 3 is 2.53 bits per heavy atom. The molecule has 0 aromatic heterocycles. The van der Waals surface area contributed by atoms with Gasteiger partial charge in [-0.2, -0.15) is 8.78 Å². The molecule has 15 heavy (non-hydrogen) atoms. The van der Waals surface area contributed by atoms with Crippen LogP contribution in [0.2, 0.25) is 0 Å². The molecule has 1 rings (SSSR count). The highest BCUT2D eigenvalue weighted by Gasteiger charge is 2.41. The maximum atomic E-state index is 13.1. The lowest BCUT2D eigenvalue weighted by Crippen LogP contribution is -2.25. The molecule has 82 valence electrons. The average molecular weight is 297 g/mol. The summed E-state index contributed by atoms with van der Waals surface area (Å²) < 4.78 is 26.6. The molecule has 1 aromatic carbocycles. The Bertz CT molecular complexity index is 396. The van der Waals surface area contributed by atoms with Gasteiger partial charge >= 0.3 is 11.9 Å². The first kappa shape index (κ1) is 12.4. The third-order valence-corrected chi connectivity index (χ3v) is 3.50. The van der Waals surface area contributed by atoms with Crippen LogP contribution in [-0.4, -0.2) is 17.3 Å². The second kappa shape index (κ2) is 4.49. The fourth-order valence-electron chi connectivity index (χ4n) is 0.985. The minimum atomic E-state index is -3.85. The van der Waals surface area contributed by atoms with Gasteiger partial charge in [-0.05, 0) is 34.3 Å². The molecule has 1 N–H and O–H groups in total. The van der Waals surface area contributed by atoms with E-state index in [1.807, 2.05) is 0 Å². The Balaban J connectivity index is 3.18. The lowest BCUT2D eigenvalue weighted by Gasteiger charge is -2.12. The lowest BCUT2D eigenvalue weighted by molar-refractivity contribution is -0.166. The van der Waals surface area contributed by atoms with Crippen molar-refractivity contribution in [3.63, 3.8) is 0 Å². The molecule has 0 spiro atoms. The summed E-state index contributed by atoms with van der Waals surface area (Å²) in [6.07, 6.45) is 1.80. The Morgan fingerprint density at radius 2 is 2.13 bits per heavy atom. The second-order valence-corrected chi connectivity index (χ2v) is 4.43. The van der Waals surface area contributed by atoms with Crippen LogP contribution in [0.3, 0.4) is 0 Å². The second-order valence-electron chi connectivity index (χ2n) is 2.73. The molecule has 0 radical (unpaired) electrons. The number of carboxylic acid groups (broad SMARTS) is 1. The first-order valence-corrected chi connectivity index (χ1v) is 5.86. The quantitative estimate of drug-likeness (QED) is 0.869. The summed E-state index contributed by atoms with van der Waals surface area (Å²) in [6.45, 7) is 0. The summed E-state index contributed by atoms with van der Waals surface area (Å²) >= 11 is 4.49. The summed E-state index contributed by atoms with van der Waals surface area (Å²) in [7, 11) is 0. The van der Waals surface area contributed by atoms with Crippen molar-refractivity contribution in [2.45, 2.75) is 10.8 Å². The van der Waals surface area contributed by atoms with Crippen molar-refractivity contribution in [2.75, 3.05) is 6.26 Å². The van der Waals surface area contributed by atoms with E-state index in [4.69, 9.17) is 5.11 Å². The summed E-state index contributed by atoms with van der Waals surface area (Å²) in [5.41, 5.74) is -0.528. The van der Waals surface area contributed by atoms with Crippen LogP contribution in [0, 0.1) is 0 Å². The van der Waals surface area contributed by atoms with Gasteiger partial charge in [0.2, 0.25) is 0 Å². The molecule has 2 nitrogen and oxygen atoms in total. The molecule has 0 atom stereocenters. The van der Waals surface area contributed by atoms with Gasteiger partial charge in [0.05, 0.1) is 0 Å². The molecule has 0 saturated carbocycles. The highest BCUT2D eigenvalue weighted by Crippen LogP contribution is 2.34. The number of carboxylic acids is 1. The van der Waals surface area contributed by atoms with E-state index in [-0.39, 0.29) is 0 Å². The van der Waals surface area contributed by atoms with Crippen LogP contribution in [0.15, 0.2) is 27.6 Å². The number of carbonyl (C=O) groups is 1. The number of halogens is 3. The SMILES string of the molecule is CSc1ccc(C(F)(F)C(=O)O)cc1Br. The highest BCUT2D eigenvalue weighted by atomic mass is 79.9. The van der Waals surface area contributed by atoms with Crippen molar-refractivity contribution in [3.05, 3.63) is 28.2 Å². The van der Waals surface area contributed by atoms with Gasteiger partial charge in [0.1, 0.15) is 0 Å². The minimum absolute atomic E-state index is 0.466. The number of benzene rings is 1. The third kappa shape index (κ3) is 2.49. The number of alkyl halides is 2. The molecule has 6 heteroatoms. The van der Waals surface area contributed by atoms with E-state index in [1.165, 1.54) is 17.8 Å². The predicted octanol–water partition coefficient (Wildman–Crippen LogP) is 3.35. The summed E-state index contributed by atoms with van der Waals surface area (Å²) in [4.78, 5) is 11.1. The van der Waals surface area contributed by atoms with Crippen LogP contribution in [0.5, 0.6) is 0 Å². The lowest BCUT2D eigenvalue weighted by atomic mass is 10.1. The summed E-state index contributed by atoms with van der Waals surface area (Å²) in [5.74, 6) is -5.99. The number of hydrogen-bond acceptors (Lipinski definition) is 2. The molecule has 0 aliphatic rings. The number of aliphatic carboxylic acids is 1. The van der Waals surface area contributed by atoms with E-state index in [0.29, 0.717) is 4.47 Å². The topological polar surface area (TPSA) is 37.3 Å². The zero-order valence-electron chi connectivity index (χ0n) is 7.63. The maximum Gasteiger partial charge on any atom is 0.379 e. The van der Waals surface area contributed by atoms with Crippen molar-refractivity contribution >= 4 is 33.7 Å². The minimum Gasteiger partial charge on any atom is -0.477 e. The van der Waals surface area contributed by atoms with Gasteiger partial charge in [-0.25, -0.2) is 4.79 Å².